The second-order valence-corrected chi connectivity index (χ2v) is 4.76. The van der Waals surface area contributed by atoms with Crippen molar-refractivity contribution in [3.63, 3.8) is 0 Å². The van der Waals surface area contributed by atoms with Crippen molar-refractivity contribution in [3.05, 3.63) is 0 Å². The van der Waals surface area contributed by atoms with E-state index in [-0.39, 0.29) is 0 Å². The van der Waals surface area contributed by atoms with Crippen LogP contribution in [0.2, 0.25) is 0 Å². The van der Waals surface area contributed by atoms with Gasteiger partial charge in [-0.05, 0) is 32.1 Å². The molecule has 13 heavy (non-hydrogen) atoms. The zero-order valence-electron chi connectivity index (χ0n) is 7.84. The van der Waals surface area contributed by atoms with Crippen molar-refractivity contribution in [2.75, 3.05) is 11.9 Å². The van der Waals surface area contributed by atoms with Gasteiger partial charge in [0, 0.05) is 23.8 Å². The van der Waals surface area contributed by atoms with Gasteiger partial charge in [0.15, 0.2) is 0 Å². The van der Waals surface area contributed by atoms with Crippen molar-refractivity contribution in [2.24, 2.45) is 5.92 Å². The molecule has 0 bridgehead atoms. The molecule has 0 radical (unpaired) electrons. The van der Waals surface area contributed by atoms with Gasteiger partial charge in [0.25, 0.3) is 0 Å². The zero-order valence-corrected chi connectivity index (χ0v) is 9.42. The Balaban J connectivity index is 1.96. The number of hydrogen-bond acceptors (Lipinski definition) is 1. The van der Waals surface area contributed by atoms with Crippen LogP contribution < -0.4 is 0 Å². The third-order valence-electron chi connectivity index (χ3n) is 3.01. The molecule has 2 aliphatic rings. The van der Waals surface area contributed by atoms with Crippen LogP contribution in [0, 0.1) is 5.92 Å². The molecular formula is C10H16BrNO. The Hall–Kier alpha value is -0.0500. The van der Waals surface area contributed by atoms with Crippen LogP contribution in [-0.2, 0) is 4.79 Å². The fourth-order valence-corrected chi connectivity index (χ4v) is 2.69. The highest BCUT2D eigenvalue weighted by atomic mass is 79.9. The predicted molar refractivity (Wildman–Crippen MR) is 55.9 cm³/mol. The number of halogens is 1. The molecule has 1 aliphatic carbocycles. The molecule has 2 fully saturated rings. The fraction of sp³-hybridized carbons (Fsp3) is 0.900. The van der Waals surface area contributed by atoms with Crippen LogP contribution in [0.25, 0.3) is 0 Å². The number of hydrogen-bond donors (Lipinski definition) is 0. The summed E-state index contributed by atoms with van der Waals surface area (Å²) in [6.07, 6.45) is 5.92. The molecule has 0 aromatic carbocycles. The molecule has 1 amide bonds. The summed E-state index contributed by atoms with van der Waals surface area (Å²) in [6, 6.07) is 0.474. The first-order chi connectivity index (χ1) is 6.33. The lowest BCUT2D eigenvalue weighted by molar-refractivity contribution is -0.135. The lowest BCUT2D eigenvalue weighted by Gasteiger charge is -2.34. The van der Waals surface area contributed by atoms with Gasteiger partial charge in [0.2, 0.25) is 5.91 Å². The number of piperidine rings is 1. The number of alkyl halides is 1. The minimum Gasteiger partial charge on any atom is -0.339 e. The summed E-state index contributed by atoms with van der Waals surface area (Å²) in [6.45, 7) is 0.992. The Morgan fingerprint density at radius 2 is 2.08 bits per heavy atom. The van der Waals surface area contributed by atoms with Gasteiger partial charge in [-0.2, -0.15) is 0 Å². The largest absolute Gasteiger partial charge is 0.339 e. The smallest absolute Gasteiger partial charge is 0.225 e. The molecule has 74 valence electrons. The van der Waals surface area contributed by atoms with E-state index < -0.39 is 0 Å². The van der Waals surface area contributed by atoms with Crippen LogP contribution in [-0.4, -0.2) is 28.7 Å². The van der Waals surface area contributed by atoms with Crippen LogP contribution in [0.5, 0.6) is 0 Å². The second-order valence-electron chi connectivity index (χ2n) is 4.11. The van der Waals surface area contributed by atoms with Crippen LogP contribution in [0.3, 0.4) is 0 Å². The maximum Gasteiger partial charge on any atom is 0.225 e. The zero-order chi connectivity index (χ0) is 9.26. The highest BCUT2D eigenvalue weighted by molar-refractivity contribution is 9.09. The van der Waals surface area contributed by atoms with Crippen molar-refractivity contribution >= 4 is 21.8 Å². The number of likely N-dealkylation sites (tertiary alicyclic amines) is 1. The number of rotatable bonds is 2. The molecule has 1 unspecified atom stereocenters. The Morgan fingerprint density at radius 1 is 1.31 bits per heavy atom. The van der Waals surface area contributed by atoms with E-state index in [0.717, 1.165) is 24.7 Å². The average Bonchev–Trinajstić information content (AvgIpc) is 3.00. The first-order valence-corrected chi connectivity index (χ1v) is 6.31. The van der Waals surface area contributed by atoms with E-state index in [1.165, 1.54) is 19.3 Å². The van der Waals surface area contributed by atoms with Crippen molar-refractivity contribution in [1.82, 2.24) is 4.90 Å². The third-order valence-corrected chi connectivity index (χ3v) is 3.76. The first-order valence-electron chi connectivity index (χ1n) is 5.19. The molecule has 3 heteroatoms. The summed E-state index contributed by atoms with van der Waals surface area (Å²) in [5, 5.41) is 0.950. The van der Waals surface area contributed by atoms with Gasteiger partial charge in [0.1, 0.15) is 0 Å². The van der Waals surface area contributed by atoms with Gasteiger partial charge < -0.3 is 4.90 Å². The lowest BCUT2D eigenvalue weighted by atomic mass is 10.0. The van der Waals surface area contributed by atoms with Crippen LogP contribution in [0.4, 0.5) is 0 Å². The summed E-state index contributed by atoms with van der Waals surface area (Å²) < 4.78 is 0. The third kappa shape index (κ3) is 2.06. The number of amides is 1. The van der Waals surface area contributed by atoms with Gasteiger partial charge in [0.05, 0.1) is 0 Å². The van der Waals surface area contributed by atoms with Crippen LogP contribution in [0.1, 0.15) is 32.1 Å². The van der Waals surface area contributed by atoms with Crippen LogP contribution >= 0.6 is 15.9 Å². The van der Waals surface area contributed by atoms with Crippen molar-refractivity contribution in [3.8, 4) is 0 Å². The minimum atomic E-state index is 0.389. The Kier molecular flexibility index (Phi) is 2.92. The van der Waals surface area contributed by atoms with E-state index in [1.54, 1.807) is 0 Å². The summed E-state index contributed by atoms with van der Waals surface area (Å²) in [7, 11) is 0. The molecule has 1 heterocycles. The molecule has 1 aliphatic heterocycles. The molecule has 0 spiro atoms. The van der Waals surface area contributed by atoms with Crippen LogP contribution in [0.15, 0.2) is 0 Å². The highest BCUT2D eigenvalue weighted by Gasteiger charge is 2.36. The quantitative estimate of drug-likeness (QED) is 0.684. The Labute approximate surface area is 87.8 Å². The van der Waals surface area contributed by atoms with Gasteiger partial charge in [-0.3, -0.25) is 4.79 Å². The monoisotopic (exact) mass is 245 g/mol. The maximum atomic E-state index is 11.8. The molecule has 1 saturated heterocycles. The molecule has 1 saturated carbocycles. The average molecular weight is 246 g/mol. The van der Waals surface area contributed by atoms with Gasteiger partial charge in [-0.15, -0.1) is 0 Å². The Morgan fingerprint density at radius 3 is 2.69 bits per heavy atom. The van der Waals surface area contributed by atoms with Crippen molar-refractivity contribution in [1.29, 1.82) is 0 Å². The molecule has 0 N–H and O–H groups in total. The summed E-state index contributed by atoms with van der Waals surface area (Å²) in [4.78, 5) is 13.9. The first kappa shape index (κ1) is 9.50. The SMILES string of the molecule is O=C(C1CC1)N1CCCCC1CBr. The normalized spacial score (nSPS) is 29.0. The lowest BCUT2D eigenvalue weighted by Crippen LogP contribution is -2.45. The number of carbonyl (C=O) groups is 1. The fourth-order valence-electron chi connectivity index (χ4n) is 2.02. The maximum absolute atomic E-state index is 11.8. The number of nitrogens with zero attached hydrogens (tertiary/aromatic N) is 1. The van der Waals surface area contributed by atoms with Crippen molar-refractivity contribution in [2.45, 2.75) is 38.1 Å². The summed E-state index contributed by atoms with van der Waals surface area (Å²) >= 11 is 3.50. The molecular weight excluding hydrogens is 230 g/mol. The van der Waals surface area contributed by atoms with Crippen molar-refractivity contribution < 1.29 is 4.79 Å². The van der Waals surface area contributed by atoms with E-state index in [0.29, 0.717) is 17.9 Å². The van der Waals surface area contributed by atoms with Gasteiger partial charge in [-0.25, -0.2) is 0 Å². The van der Waals surface area contributed by atoms with E-state index >= 15 is 0 Å². The molecule has 0 aromatic rings. The second kappa shape index (κ2) is 3.99. The molecule has 1 atom stereocenters. The van der Waals surface area contributed by atoms with Gasteiger partial charge >= 0.3 is 0 Å². The Bertz CT molecular complexity index is 203. The number of carbonyl (C=O) groups excluding carboxylic acids is 1. The van der Waals surface area contributed by atoms with E-state index in [2.05, 4.69) is 20.8 Å². The minimum absolute atomic E-state index is 0.389. The summed E-state index contributed by atoms with van der Waals surface area (Å²) in [5.41, 5.74) is 0. The molecule has 2 rings (SSSR count). The van der Waals surface area contributed by atoms with E-state index in [1.807, 2.05) is 0 Å². The summed E-state index contributed by atoms with van der Waals surface area (Å²) in [5.74, 6) is 0.809. The molecule has 2 nitrogen and oxygen atoms in total. The standard InChI is InChI=1S/C10H16BrNO/c11-7-9-3-1-2-6-12(9)10(13)8-4-5-8/h8-9H,1-7H2. The molecule has 0 aromatic heterocycles. The van der Waals surface area contributed by atoms with E-state index in [9.17, 15) is 4.79 Å². The predicted octanol–water partition coefficient (Wildman–Crippen LogP) is 2.17. The van der Waals surface area contributed by atoms with E-state index in [4.69, 9.17) is 0 Å². The van der Waals surface area contributed by atoms with Gasteiger partial charge in [-0.1, -0.05) is 15.9 Å². The highest BCUT2D eigenvalue weighted by Crippen LogP contribution is 2.33. The topological polar surface area (TPSA) is 20.3 Å².